The van der Waals surface area contributed by atoms with Gasteiger partial charge in [0.15, 0.2) is 0 Å². The number of rotatable bonds is 6. The number of carbonyl (C=O) groups is 3. The van der Waals surface area contributed by atoms with Crippen LogP contribution in [0.15, 0.2) is 36.8 Å². The van der Waals surface area contributed by atoms with Crippen LogP contribution in [0.1, 0.15) is 69.2 Å². The molecule has 12 heteroatoms. The molecule has 5 rings (SSSR count). The van der Waals surface area contributed by atoms with Crippen LogP contribution in [-0.4, -0.2) is 73.3 Å². The third-order valence-electron chi connectivity index (χ3n) is 7.71. The predicted octanol–water partition coefficient (Wildman–Crippen LogP) is 4.03. The number of hydrogen-bond acceptors (Lipinski definition) is 5. The van der Waals surface area contributed by atoms with Crippen molar-refractivity contribution in [3.05, 3.63) is 48.0 Å². The number of piperidine rings is 1. The highest BCUT2D eigenvalue weighted by Gasteiger charge is 2.57. The van der Waals surface area contributed by atoms with Gasteiger partial charge in [0.2, 0.25) is 11.8 Å². The maximum atomic E-state index is 14.1. The van der Waals surface area contributed by atoms with Crippen LogP contribution in [0.4, 0.5) is 13.2 Å². The van der Waals surface area contributed by atoms with Crippen LogP contribution in [0, 0.1) is 11.3 Å². The number of halogens is 3. The third-order valence-corrected chi connectivity index (χ3v) is 7.71. The standard InChI is InChI=1S/C25H33N5O2.C2HF3O2/c1-18(2)30-22(8-11-27-30)21-16-29(23(31)13-19-6-7-19)17-25(21)9-4-12-28(24(25)32)15-20-5-3-10-26-14-20;3-2(4,5)1(6)7/h3,5,8,10-11,14,18-19,21H,4,6-7,9,12-13,15-17H2,1-2H3;(H,6,7)/t21-,25+;/m0./s1. The molecule has 212 valence electrons. The van der Waals surface area contributed by atoms with Gasteiger partial charge in [-0.25, -0.2) is 4.79 Å². The lowest BCUT2D eigenvalue weighted by molar-refractivity contribution is -0.192. The van der Waals surface area contributed by atoms with Crippen LogP contribution in [0.25, 0.3) is 0 Å². The Balaban J connectivity index is 0.000000448. The lowest BCUT2D eigenvalue weighted by atomic mass is 9.70. The minimum Gasteiger partial charge on any atom is -0.475 e. The maximum absolute atomic E-state index is 14.1. The Morgan fingerprint density at radius 2 is 1.92 bits per heavy atom. The van der Waals surface area contributed by atoms with E-state index in [-0.39, 0.29) is 23.8 Å². The zero-order valence-electron chi connectivity index (χ0n) is 22.1. The number of hydrogen-bond donors (Lipinski definition) is 1. The second kappa shape index (κ2) is 11.4. The molecule has 1 N–H and O–H groups in total. The fraction of sp³-hybridized carbons (Fsp3) is 0.593. The van der Waals surface area contributed by atoms with Gasteiger partial charge in [0, 0.05) is 68.8 Å². The molecule has 39 heavy (non-hydrogen) atoms. The number of carboxylic acid groups (broad SMARTS) is 1. The van der Waals surface area contributed by atoms with Crippen LogP contribution in [-0.2, 0) is 20.9 Å². The molecule has 2 amide bonds. The molecule has 0 radical (unpaired) electrons. The minimum absolute atomic E-state index is 0.0280. The Labute approximate surface area is 225 Å². The van der Waals surface area contributed by atoms with Crippen molar-refractivity contribution in [3.8, 4) is 0 Å². The average molecular weight is 550 g/mol. The molecular formula is C27H34F3N5O4. The Hall–Kier alpha value is -3.44. The normalized spacial score (nSPS) is 23.2. The van der Waals surface area contributed by atoms with Crippen molar-refractivity contribution in [2.75, 3.05) is 19.6 Å². The average Bonchev–Trinajstić information content (AvgIpc) is 3.41. The first-order valence-corrected chi connectivity index (χ1v) is 13.2. The van der Waals surface area contributed by atoms with Gasteiger partial charge in [-0.1, -0.05) is 6.07 Å². The van der Waals surface area contributed by atoms with Gasteiger partial charge in [0.05, 0.1) is 5.41 Å². The van der Waals surface area contributed by atoms with Crippen LogP contribution in [0.3, 0.4) is 0 Å². The van der Waals surface area contributed by atoms with Crippen molar-refractivity contribution in [3.63, 3.8) is 0 Å². The molecule has 1 aliphatic carbocycles. The lowest BCUT2D eigenvalue weighted by Gasteiger charge is -2.42. The maximum Gasteiger partial charge on any atom is 0.490 e. The van der Waals surface area contributed by atoms with E-state index in [1.54, 1.807) is 6.20 Å². The van der Waals surface area contributed by atoms with E-state index in [1.165, 1.54) is 0 Å². The highest BCUT2D eigenvalue weighted by Crippen LogP contribution is 2.50. The number of aliphatic carboxylic acids is 1. The molecule has 0 unspecified atom stereocenters. The third kappa shape index (κ3) is 6.42. The second-order valence-electron chi connectivity index (χ2n) is 10.9. The lowest BCUT2D eigenvalue weighted by Crippen LogP contribution is -2.52. The SMILES string of the molecule is CC(C)n1nccc1[C@@H]1CN(C(=O)CC2CC2)C[C@]12CCCN(Cc1cccnc1)C2=O.O=C(O)C(F)(F)F. The number of carboxylic acids is 1. The number of likely N-dealkylation sites (tertiary alicyclic amines) is 2. The van der Waals surface area contributed by atoms with Crippen LogP contribution in [0.2, 0.25) is 0 Å². The van der Waals surface area contributed by atoms with Gasteiger partial charge in [-0.05, 0) is 63.1 Å². The van der Waals surface area contributed by atoms with Crippen molar-refractivity contribution >= 4 is 17.8 Å². The summed E-state index contributed by atoms with van der Waals surface area (Å²) in [6.07, 6.45) is 5.04. The van der Waals surface area contributed by atoms with E-state index in [0.29, 0.717) is 32.0 Å². The molecule has 2 aromatic heterocycles. The molecule has 1 spiro atoms. The molecule has 2 saturated heterocycles. The fourth-order valence-electron chi connectivity index (χ4n) is 5.65. The summed E-state index contributed by atoms with van der Waals surface area (Å²) in [7, 11) is 0. The highest BCUT2D eigenvalue weighted by atomic mass is 19.4. The molecule has 3 fully saturated rings. The molecule has 2 aromatic rings. The second-order valence-corrected chi connectivity index (χ2v) is 10.9. The molecule has 4 heterocycles. The quantitative estimate of drug-likeness (QED) is 0.583. The van der Waals surface area contributed by atoms with Crippen LogP contribution >= 0.6 is 0 Å². The zero-order chi connectivity index (χ0) is 28.4. The van der Waals surface area contributed by atoms with Crippen molar-refractivity contribution in [1.29, 1.82) is 0 Å². The number of nitrogens with zero attached hydrogens (tertiary/aromatic N) is 5. The molecule has 9 nitrogen and oxygen atoms in total. The predicted molar refractivity (Wildman–Crippen MR) is 134 cm³/mol. The first-order valence-electron chi connectivity index (χ1n) is 13.2. The van der Waals surface area contributed by atoms with E-state index in [1.807, 2.05) is 39.0 Å². The van der Waals surface area contributed by atoms with E-state index in [0.717, 1.165) is 43.5 Å². The molecule has 0 aromatic carbocycles. The fourth-order valence-corrected chi connectivity index (χ4v) is 5.65. The number of carbonyl (C=O) groups excluding carboxylic acids is 2. The Morgan fingerprint density at radius 1 is 1.21 bits per heavy atom. The first kappa shape index (κ1) is 28.6. The first-order chi connectivity index (χ1) is 18.4. The Bertz CT molecular complexity index is 1180. The van der Waals surface area contributed by atoms with Gasteiger partial charge in [-0.2, -0.15) is 18.3 Å². The van der Waals surface area contributed by atoms with Crippen LogP contribution < -0.4 is 0 Å². The van der Waals surface area contributed by atoms with E-state index < -0.39 is 17.6 Å². The van der Waals surface area contributed by atoms with Gasteiger partial charge >= 0.3 is 12.1 Å². The molecule has 2 aliphatic heterocycles. The number of amides is 2. The number of pyridine rings is 1. The molecule has 0 bridgehead atoms. The monoisotopic (exact) mass is 549 g/mol. The summed E-state index contributed by atoms with van der Waals surface area (Å²) in [4.78, 5) is 44.3. The molecule has 1 saturated carbocycles. The van der Waals surface area contributed by atoms with E-state index in [2.05, 4.69) is 30.0 Å². The molecule has 3 aliphatic rings. The summed E-state index contributed by atoms with van der Waals surface area (Å²) in [5, 5.41) is 11.7. The van der Waals surface area contributed by atoms with Crippen molar-refractivity contribution in [2.24, 2.45) is 11.3 Å². The summed E-state index contributed by atoms with van der Waals surface area (Å²) in [5.74, 6) is -1.85. The van der Waals surface area contributed by atoms with Crippen LogP contribution in [0.5, 0.6) is 0 Å². The van der Waals surface area contributed by atoms with E-state index >= 15 is 0 Å². The summed E-state index contributed by atoms with van der Waals surface area (Å²) in [6, 6.07) is 6.19. The largest absolute Gasteiger partial charge is 0.490 e. The van der Waals surface area contributed by atoms with Gasteiger partial charge in [0.25, 0.3) is 0 Å². The number of alkyl halides is 3. The summed E-state index contributed by atoms with van der Waals surface area (Å²) >= 11 is 0. The van der Waals surface area contributed by atoms with Crippen molar-refractivity contribution in [1.82, 2.24) is 24.6 Å². The Kier molecular flexibility index (Phi) is 8.31. The summed E-state index contributed by atoms with van der Waals surface area (Å²) in [6.45, 7) is 6.69. The molecular weight excluding hydrogens is 515 g/mol. The molecule has 2 atom stereocenters. The van der Waals surface area contributed by atoms with E-state index in [4.69, 9.17) is 9.90 Å². The topological polar surface area (TPSA) is 109 Å². The van der Waals surface area contributed by atoms with Gasteiger partial charge in [-0.15, -0.1) is 0 Å². The van der Waals surface area contributed by atoms with Crippen molar-refractivity contribution in [2.45, 2.75) is 70.6 Å². The smallest absolute Gasteiger partial charge is 0.475 e. The summed E-state index contributed by atoms with van der Waals surface area (Å²) in [5.41, 5.74) is 1.55. The van der Waals surface area contributed by atoms with Gasteiger partial charge < -0.3 is 14.9 Å². The Morgan fingerprint density at radius 3 is 2.51 bits per heavy atom. The minimum atomic E-state index is -5.08. The number of aromatic nitrogens is 3. The zero-order valence-corrected chi connectivity index (χ0v) is 22.1. The van der Waals surface area contributed by atoms with E-state index in [9.17, 15) is 22.8 Å². The van der Waals surface area contributed by atoms with Crippen molar-refractivity contribution < 1.29 is 32.7 Å². The van der Waals surface area contributed by atoms with Gasteiger partial charge in [-0.3, -0.25) is 19.3 Å². The highest BCUT2D eigenvalue weighted by molar-refractivity contribution is 5.87. The summed E-state index contributed by atoms with van der Waals surface area (Å²) < 4.78 is 33.8. The van der Waals surface area contributed by atoms with Gasteiger partial charge in [0.1, 0.15) is 0 Å².